The molecule has 0 bridgehead atoms. The van der Waals surface area contributed by atoms with E-state index in [4.69, 9.17) is 9.97 Å². The minimum atomic E-state index is 0.978. The van der Waals surface area contributed by atoms with E-state index in [0.29, 0.717) is 0 Å². The number of anilines is 2. The van der Waals surface area contributed by atoms with Crippen LogP contribution < -0.4 is 9.80 Å². The van der Waals surface area contributed by atoms with Crippen LogP contribution >= 0.6 is 0 Å². The summed E-state index contributed by atoms with van der Waals surface area (Å²) in [6.45, 7) is 8.70. The lowest BCUT2D eigenvalue weighted by Gasteiger charge is -2.18. The summed E-state index contributed by atoms with van der Waals surface area (Å²) in [4.78, 5) is 14.5. The van der Waals surface area contributed by atoms with Crippen molar-refractivity contribution in [3.8, 4) is 0 Å². The zero-order valence-electron chi connectivity index (χ0n) is 18.7. The van der Waals surface area contributed by atoms with E-state index in [0.717, 1.165) is 26.2 Å². The van der Waals surface area contributed by atoms with Gasteiger partial charge in [-0.1, -0.05) is 52.4 Å². The van der Waals surface area contributed by atoms with E-state index in [9.17, 15) is 0 Å². The van der Waals surface area contributed by atoms with E-state index >= 15 is 0 Å². The van der Waals surface area contributed by atoms with Crippen LogP contribution in [0.1, 0.15) is 76.3 Å². The van der Waals surface area contributed by atoms with Gasteiger partial charge in [0.1, 0.15) is 11.6 Å². The van der Waals surface area contributed by atoms with Crippen LogP contribution in [-0.4, -0.2) is 36.1 Å². The van der Waals surface area contributed by atoms with Crippen molar-refractivity contribution in [2.24, 2.45) is 0 Å². The van der Waals surface area contributed by atoms with E-state index in [1.54, 1.807) is 0 Å². The minimum Gasteiger partial charge on any atom is -0.352 e. The number of aromatic nitrogens is 2. The molecular weight excluding hydrogens is 368 g/mol. The van der Waals surface area contributed by atoms with Gasteiger partial charge in [-0.15, -0.1) is 0 Å². The van der Waals surface area contributed by atoms with Gasteiger partial charge in [-0.2, -0.15) is 0 Å². The SMILES string of the molecule is CCCCCCN1C/C(=C2/CN(CCCCCC)c3ncccc32)c2cccnc21. The summed E-state index contributed by atoms with van der Waals surface area (Å²) < 4.78 is 0. The van der Waals surface area contributed by atoms with Crippen molar-refractivity contribution < 1.29 is 0 Å². The molecule has 4 heterocycles. The molecule has 0 fully saturated rings. The number of nitrogens with zero attached hydrogens (tertiary/aromatic N) is 4. The van der Waals surface area contributed by atoms with Crippen molar-refractivity contribution in [1.29, 1.82) is 0 Å². The summed E-state index contributed by atoms with van der Waals surface area (Å²) >= 11 is 0. The monoisotopic (exact) mass is 404 g/mol. The summed E-state index contributed by atoms with van der Waals surface area (Å²) in [7, 11) is 0. The Bertz CT molecular complexity index is 801. The second kappa shape index (κ2) is 10.1. The van der Waals surface area contributed by atoms with E-state index in [2.05, 4.69) is 47.9 Å². The van der Waals surface area contributed by atoms with Crippen molar-refractivity contribution in [3.05, 3.63) is 47.8 Å². The highest BCUT2D eigenvalue weighted by molar-refractivity contribution is 6.03. The Morgan fingerprint density at radius 1 is 0.667 bits per heavy atom. The van der Waals surface area contributed by atoms with Gasteiger partial charge in [0, 0.05) is 49.7 Å². The maximum absolute atomic E-state index is 4.77. The molecule has 4 rings (SSSR count). The van der Waals surface area contributed by atoms with Crippen LogP contribution in [0.25, 0.3) is 11.1 Å². The van der Waals surface area contributed by atoms with Gasteiger partial charge >= 0.3 is 0 Å². The predicted molar refractivity (Wildman–Crippen MR) is 128 cm³/mol. The number of pyridine rings is 2. The first-order valence-electron chi connectivity index (χ1n) is 12.0. The lowest BCUT2D eigenvalue weighted by molar-refractivity contribution is 0.655. The summed E-state index contributed by atoms with van der Waals surface area (Å²) in [5.41, 5.74) is 5.56. The Kier molecular flexibility index (Phi) is 7.03. The van der Waals surface area contributed by atoms with Crippen molar-refractivity contribution in [2.75, 3.05) is 36.0 Å². The maximum Gasteiger partial charge on any atom is 0.136 e. The molecule has 4 nitrogen and oxygen atoms in total. The quantitative estimate of drug-likeness (QED) is 0.442. The van der Waals surface area contributed by atoms with Crippen molar-refractivity contribution >= 4 is 22.8 Å². The molecule has 2 aliphatic rings. The summed E-state index contributed by atoms with van der Waals surface area (Å²) in [5.74, 6) is 2.34. The Balaban J connectivity index is 1.59. The van der Waals surface area contributed by atoms with Crippen molar-refractivity contribution in [2.45, 2.75) is 65.2 Å². The third-order valence-electron chi connectivity index (χ3n) is 6.45. The smallest absolute Gasteiger partial charge is 0.136 e. The van der Waals surface area contributed by atoms with Crippen molar-refractivity contribution in [3.63, 3.8) is 0 Å². The lowest BCUT2D eigenvalue weighted by atomic mass is 9.99. The molecular formula is C26H36N4. The van der Waals surface area contributed by atoms with Crippen LogP contribution in [0.5, 0.6) is 0 Å². The van der Waals surface area contributed by atoms with Crippen LogP contribution in [0, 0.1) is 0 Å². The third kappa shape index (κ3) is 4.38. The highest BCUT2D eigenvalue weighted by Crippen LogP contribution is 2.43. The molecule has 2 aromatic heterocycles. The third-order valence-corrected chi connectivity index (χ3v) is 6.45. The van der Waals surface area contributed by atoms with E-state index < -0.39 is 0 Å². The predicted octanol–water partition coefficient (Wildman–Crippen LogP) is 6.19. The molecule has 0 radical (unpaired) electrons. The number of hydrogen-bond acceptors (Lipinski definition) is 4. The topological polar surface area (TPSA) is 32.3 Å². The van der Waals surface area contributed by atoms with Gasteiger partial charge in [0.15, 0.2) is 0 Å². The van der Waals surface area contributed by atoms with Crippen LogP contribution in [0.3, 0.4) is 0 Å². The Labute approximate surface area is 182 Å². The zero-order valence-corrected chi connectivity index (χ0v) is 18.7. The fraction of sp³-hybridized carbons (Fsp3) is 0.538. The molecule has 0 aliphatic carbocycles. The summed E-state index contributed by atoms with van der Waals surface area (Å²) in [6, 6.07) is 8.69. The fourth-order valence-electron chi connectivity index (χ4n) is 4.82. The van der Waals surface area contributed by atoms with Crippen molar-refractivity contribution in [1.82, 2.24) is 9.97 Å². The summed E-state index contributed by atoms with van der Waals surface area (Å²) in [6.07, 6.45) is 14.2. The molecule has 0 amide bonds. The molecule has 0 spiro atoms. The molecule has 2 aliphatic heterocycles. The first kappa shape index (κ1) is 20.9. The minimum absolute atomic E-state index is 0.978. The highest BCUT2D eigenvalue weighted by Gasteiger charge is 2.32. The van der Waals surface area contributed by atoms with Crippen LogP contribution in [-0.2, 0) is 0 Å². The number of fused-ring (bicyclic) bond motifs is 2. The zero-order chi connectivity index (χ0) is 20.8. The second-order valence-electron chi connectivity index (χ2n) is 8.67. The molecule has 0 atom stereocenters. The molecule has 30 heavy (non-hydrogen) atoms. The first-order valence-corrected chi connectivity index (χ1v) is 12.0. The maximum atomic E-state index is 4.77. The van der Waals surface area contributed by atoms with Gasteiger partial charge in [0.25, 0.3) is 0 Å². The Hall–Kier alpha value is -2.36. The molecule has 160 valence electrons. The Morgan fingerprint density at radius 3 is 1.57 bits per heavy atom. The van der Waals surface area contributed by atoms with Gasteiger partial charge in [-0.3, -0.25) is 0 Å². The average Bonchev–Trinajstić information content (AvgIpc) is 3.33. The molecule has 0 N–H and O–H groups in total. The number of rotatable bonds is 10. The van der Waals surface area contributed by atoms with Gasteiger partial charge < -0.3 is 9.80 Å². The van der Waals surface area contributed by atoms with Gasteiger partial charge in [-0.05, 0) is 48.3 Å². The largest absolute Gasteiger partial charge is 0.352 e. The molecule has 0 saturated carbocycles. The fourth-order valence-corrected chi connectivity index (χ4v) is 4.82. The molecule has 4 heteroatoms. The Morgan fingerprint density at radius 2 is 1.13 bits per heavy atom. The van der Waals surface area contributed by atoms with E-state index in [1.807, 2.05) is 12.4 Å². The van der Waals surface area contributed by atoms with Crippen LogP contribution in [0.15, 0.2) is 36.7 Å². The molecule has 0 saturated heterocycles. The lowest BCUT2D eigenvalue weighted by Crippen LogP contribution is -2.23. The molecule has 0 aromatic carbocycles. The first-order chi connectivity index (χ1) is 14.8. The van der Waals surface area contributed by atoms with Crippen LogP contribution in [0.4, 0.5) is 11.6 Å². The highest BCUT2D eigenvalue weighted by atomic mass is 15.2. The van der Waals surface area contributed by atoms with Gasteiger partial charge in [0.05, 0.1) is 0 Å². The van der Waals surface area contributed by atoms with Gasteiger partial charge in [-0.25, -0.2) is 9.97 Å². The van der Waals surface area contributed by atoms with Gasteiger partial charge in [0.2, 0.25) is 0 Å². The van der Waals surface area contributed by atoms with Crippen LogP contribution in [0.2, 0.25) is 0 Å². The van der Waals surface area contributed by atoms with E-state index in [-0.39, 0.29) is 0 Å². The number of unbranched alkanes of at least 4 members (excludes halogenated alkanes) is 6. The average molecular weight is 405 g/mol. The second-order valence-corrected chi connectivity index (χ2v) is 8.67. The summed E-state index contributed by atoms with van der Waals surface area (Å²) in [5, 5.41) is 0. The van der Waals surface area contributed by atoms with E-state index in [1.165, 1.54) is 85.3 Å². The molecule has 0 unspecified atom stereocenters. The normalized spacial score (nSPS) is 17.5. The standard InChI is InChI=1S/C26H36N4/c1-3-5-7-9-17-29-19-23(21-13-11-15-27-25(21)29)24-20-30(18-10-8-6-4-2)26-22(24)14-12-16-28-26/h11-16H,3-10,17-20H2,1-2H3/b24-23+. The number of hydrogen-bond donors (Lipinski definition) is 0. The molecule has 2 aromatic rings.